The summed E-state index contributed by atoms with van der Waals surface area (Å²) in [5.74, 6) is -1.95. The quantitative estimate of drug-likeness (QED) is 0.512. The molecular formula is C20H16F4N4O3S. The standard InChI is InChI=1S/C20H16F4N4O3S/c1-11-9-12(21)3-8-16(11)31-19-15(10-17(27-28-19)20(22,23)24)18(29)26-13-4-6-14(7-5-13)32(2,25)30/h3-10,25H,1-2H3,(H,26,29). The molecular weight excluding hydrogens is 452 g/mol. The van der Waals surface area contributed by atoms with Gasteiger partial charge in [0.1, 0.15) is 17.1 Å². The topological polar surface area (TPSA) is 105 Å². The lowest BCUT2D eigenvalue weighted by Gasteiger charge is -2.14. The SMILES string of the molecule is Cc1cc(F)ccc1Oc1nnc(C(F)(F)F)cc1C(=O)Nc1ccc(S(C)(=N)=O)cc1. The average molecular weight is 468 g/mol. The number of hydrogen-bond acceptors (Lipinski definition) is 6. The van der Waals surface area contributed by atoms with Crippen LogP contribution in [0.2, 0.25) is 0 Å². The molecule has 1 aromatic heterocycles. The number of alkyl halides is 3. The Bertz CT molecular complexity index is 1280. The van der Waals surface area contributed by atoms with Crippen molar-refractivity contribution in [2.75, 3.05) is 11.6 Å². The number of hydrogen-bond donors (Lipinski definition) is 2. The highest BCUT2D eigenvalue weighted by Gasteiger charge is 2.35. The van der Waals surface area contributed by atoms with E-state index in [9.17, 15) is 26.6 Å². The molecule has 0 bridgehead atoms. The first-order valence-electron chi connectivity index (χ1n) is 8.89. The molecule has 2 aromatic carbocycles. The molecule has 7 nitrogen and oxygen atoms in total. The number of nitrogens with zero attached hydrogens (tertiary/aromatic N) is 2. The summed E-state index contributed by atoms with van der Waals surface area (Å²) in [5, 5.41) is 8.88. The Kier molecular flexibility index (Phi) is 6.17. The fourth-order valence-electron chi connectivity index (χ4n) is 2.58. The van der Waals surface area contributed by atoms with Crippen LogP contribution in [-0.4, -0.2) is 26.6 Å². The predicted molar refractivity (Wildman–Crippen MR) is 108 cm³/mol. The van der Waals surface area contributed by atoms with Crippen LogP contribution in [-0.2, 0) is 15.9 Å². The van der Waals surface area contributed by atoms with Crippen molar-refractivity contribution < 1.29 is 31.3 Å². The number of nitrogens with one attached hydrogen (secondary N) is 2. The number of anilines is 1. The van der Waals surface area contributed by atoms with E-state index in [0.717, 1.165) is 12.1 Å². The minimum absolute atomic E-state index is 0.0759. The maximum absolute atomic E-state index is 13.3. The first kappa shape index (κ1) is 23.1. The van der Waals surface area contributed by atoms with Crippen molar-refractivity contribution in [1.82, 2.24) is 10.2 Å². The normalized spacial score (nSPS) is 13.3. The van der Waals surface area contributed by atoms with Gasteiger partial charge in [0.2, 0.25) is 0 Å². The molecule has 3 aromatic rings. The molecule has 168 valence electrons. The maximum atomic E-state index is 13.3. The minimum Gasteiger partial charge on any atom is -0.437 e. The first-order chi connectivity index (χ1) is 14.8. The first-order valence-corrected chi connectivity index (χ1v) is 10.9. The van der Waals surface area contributed by atoms with E-state index in [-0.39, 0.29) is 16.3 Å². The summed E-state index contributed by atoms with van der Waals surface area (Å²) >= 11 is 0. The summed E-state index contributed by atoms with van der Waals surface area (Å²) in [5.41, 5.74) is -1.45. The summed E-state index contributed by atoms with van der Waals surface area (Å²) in [6.07, 6.45) is -3.63. The van der Waals surface area contributed by atoms with Gasteiger partial charge in [-0.15, -0.1) is 10.2 Å². The summed E-state index contributed by atoms with van der Waals surface area (Å²) in [6.45, 7) is 1.51. The molecule has 0 aliphatic heterocycles. The Labute approximate surface area is 180 Å². The summed E-state index contributed by atoms with van der Waals surface area (Å²) in [7, 11) is -2.97. The second-order valence-electron chi connectivity index (χ2n) is 6.78. The number of rotatable bonds is 5. The Hall–Kier alpha value is -3.54. The molecule has 3 rings (SSSR count). The zero-order chi connectivity index (χ0) is 23.7. The van der Waals surface area contributed by atoms with Crippen LogP contribution in [0.5, 0.6) is 11.6 Å². The van der Waals surface area contributed by atoms with Gasteiger partial charge in [0.25, 0.3) is 11.8 Å². The zero-order valence-electron chi connectivity index (χ0n) is 16.7. The number of carbonyl (C=O) groups is 1. The van der Waals surface area contributed by atoms with Crippen LogP contribution < -0.4 is 10.1 Å². The molecule has 1 amide bonds. The molecule has 0 fully saturated rings. The molecule has 0 radical (unpaired) electrons. The van der Waals surface area contributed by atoms with Crippen molar-refractivity contribution in [3.05, 3.63) is 71.2 Å². The van der Waals surface area contributed by atoms with Crippen molar-refractivity contribution in [3.8, 4) is 11.6 Å². The van der Waals surface area contributed by atoms with E-state index in [1.165, 1.54) is 43.5 Å². The lowest BCUT2D eigenvalue weighted by molar-refractivity contribution is -0.141. The zero-order valence-corrected chi connectivity index (χ0v) is 17.5. The van der Waals surface area contributed by atoms with E-state index in [1.807, 2.05) is 0 Å². The number of carbonyl (C=O) groups excluding carboxylic acids is 1. The number of aromatic nitrogens is 2. The van der Waals surface area contributed by atoms with Crippen molar-refractivity contribution in [3.63, 3.8) is 0 Å². The molecule has 0 spiro atoms. The fraction of sp³-hybridized carbons (Fsp3) is 0.150. The van der Waals surface area contributed by atoms with E-state index in [2.05, 4.69) is 15.5 Å². The van der Waals surface area contributed by atoms with Crippen LogP contribution in [0, 0.1) is 17.5 Å². The van der Waals surface area contributed by atoms with Crippen molar-refractivity contribution >= 4 is 21.3 Å². The number of benzene rings is 2. The van der Waals surface area contributed by atoms with Gasteiger partial charge in [0, 0.05) is 16.8 Å². The highest BCUT2D eigenvalue weighted by molar-refractivity contribution is 7.91. The summed E-state index contributed by atoms with van der Waals surface area (Å²) in [6, 6.07) is 9.39. The smallest absolute Gasteiger partial charge is 0.435 e. The highest BCUT2D eigenvalue weighted by atomic mass is 32.2. The van der Waals surface area contributed by atoms with Crippen LogP contribution >= 0.6 is 0 Å². The van der Waals surface area contributed by atoms with Gasteiger partial charge in [-0.3, -0.25) is 4.79 Å². The van der Waals surface area contributed by atoms with Gasteiger partial charge in [-0.25, -0.2) is 13.4 Å². The molecule has 1 heterocycles. The molecule has 12 heteroatoms. The van der Waals surface area contributed by atoms with Gasteiger partial charge in [0.05, 0.1) is 9.73 Å². The Morgan fingerprint density at radius 3 is 2.31 bits per heavy atom. The third-order valence-electron chi connectivity index (χ3n) is 4.20. The van der Waals surface area contributed by atoms with Gasteiger partial charge >= 0.3 is 6.18 Å². The predicted octanol–water partition coefficient (Wildman–Crippen LogP) is 5.02. The maximum Gasteiger partial charge on any atom is 0.435 e. The number of halogens is 4. The molecule has 0 aliphatic rings. The Morgan fingerprint density at radius 2 is 1.75 bits per heavy atom. The monoisotopic (exact) mass is 468 g/mol. The highest BCUT2D eigenvalue weighted by Crippen LogP contribution is 2.32. The number of amides is 1. The van der Waals surface area contributed by atoms with E-state index < -0.39 is 44.8 Å². The van der Waals surface area contributed by atoms with Crippen LogP contribution in [0.15, 0.2) is 53.4 Å². The van der Waals surface area contributed by atoms with Crippen LogP contribution in [0.1, 0.15) is 21.6 Å². The van der Waals surface area contributed by atoms with Gasteiger partial charge in [-0.1, -0.05) is 0 Å². The molecule has 32 heavy (non-hydrogen) atoms. The summed E-state index contributed by atoms with van der Waals surface area (Å²) in [4.78, 5) is 13.0. The lowest BCUT2D eigenvalue weighted by Crippen LogP contribution is -2.18. The second kappa shape index (κ2) is 8.54. The van der Waals surface area contributed by atoms with Crippen LogP contribution in [0.25, 0.3) is 0 Å². The summed E-state index contributed by atoms with van der Waals surface area (Å²) < 4.78 is 77.4. The van der Waals surface area contributed by atoms with Crippen LogP contribution in [0.3, 0.4) is 0 Å². The molecule has 1 unspecified atom stereocenters. The fourth-order valence-corrected chi connectivity index (χ4v) is 3.24. The van der Waals surface area contributed by atoms with E-state index in [4.69, 9.17) is 9.52 Å². The minimum atomic E-state index is -4.86. The largest absolute Gasteiger partial charge is 0.437 e. The van der Waals surface area contributed by atoms with E-state index in [1.54, 1.807) is 0 Å². The molecule has 0 saturated heterocycles. The van der Waals surface area contributed by atoms with Crippen molar-refractivity contribution in [1.29, 1.82) is 4.78 Å². The number of aryl methyl sites for hydroxylation is 1. The number of ether oxygens (including phenoxy) is 1. The molecule has 1 atom stereocenters. The molecule has 2 N–H and O–H groups in total. The Balaban J connectivity index is 1.97. The third-order valence-corrected chi connectivity index (χ3v) is 5.37. The molecule has 0 saturated carbocycles. The van der Waals surface area contributed by atoms with Gasteiger partial charge < -0.3 is 10.1 Å². The average Bonchev–Trinajstić information content (AvgIpc) is 2.69. The van der Waals surface area contributed by atoms with Crippen molar-refractivity contribution in [2.45, 2.75) is 18.0 Å². The van der Waals surface area contributed by atoms with Crippen molar-refractivity contribution in [2.24, 2.45) is 0 Å². The Morgan fingerprint density at radius 1 is 1.09 bits per heavy atom. The molecule has 0 aliphatic carbocycles. The van der Waals surface area contributed by atoms with Gasteiger partial charge in [-0.2, -0.15) is 13.2 Å². The van der Waals surface area contributed by atoms with Crippen LogP contribution in [0.4, 0.5) is 23.2 Å². The van der Waals surface area contributed by atoms with E-state index in [0.29, 0.717) is 11.6 Å². The van der Waals surface area contributed by atoms with Gasteiger partial charge in [0.15, 0.2) is 5.69 Å². The lowest BCUT2D eigenvalue weighted by atomic mass is 10.2. The second-order valence-corrected chi connectivity index (χ2v) is 8.94. The third kappa shape index (κ3) is 5.38. The van der Waals surface area contributed by atoms with Gasteiger partial charge in [-0.05, 0) is 61.0 Å². The van der Waals surface area contributed by atoms with E-state index >= 15 is 0 Å².